The molecule has 0 atom stereocenters. The van der Waals surface area contributed by atoms with Crippen molar-refractivity contribution >= 4 is 27.4 Å². The Kier molecular flexibility index (Phi) is 5.96. The molecule has 100 valence electrons. The van der Waals surface area contributed by atoms with Crippen LogP contribution in [0.3, 0.4) is 0 Å². The lowest BCUT2D eigenvalue weighted by Gasteiger charge is -2.09. The predicted octanol–water partition coefficient (Wildman–Crippen LogP) is 1.48. The van der Waals surface area contributed by atoms with E-state index in [0.717, 1.165) is 0 Å². The van der Waals surface area contributed by atoms with Crippen LogP contribution < -0.4 is 5.32 Å². The molecule has 0 aliphatic rings. The molecule has 1 rings (SSSR count). The molecular formula is C10H14BrN3O4. The number of rotatable bonds is 7. The molecule has 0 saturated heterocycles. The Hall–Kier alpha value is -1.25. The summed E-state index contributed by atoms with van der Waals surface area (Å²) in [4.78, 5) is 14.2. The number of aliphatic hydroxyl groups excluding tert-OH is 1. The monoisotopic (exact) mass is 319 g/mol. The first-order valence-electron chi connectivity index (χ1n) is 5.30. The summed E-state index contributed by atoms with van der Waals surface area (Å²) in [5.74, 6) is 0.533. The van der Waals surface area contributed by atoms with E-state index in [0.29, 0.717) is 29.0 Å². The molecule has 0 fully saturated rings. The minimum Gasteiger partial charge on any atom is -0.394 e. The Labute approximate surface area is 112 Å². The van der Waals surface area contributed by atoms with Gasteiger partial charge in [-0.1, -0.05) is 0 Å². The first-order chi connectivity index (χ1) is 8.57. The normalized spacial score (nSPS) is 10.4. The fourth-order valence-electron chi connectivity index (χ4n) is 1.28. The van der Waals surface area contributed by atoms with E-state index in [-0.39, 0.29) is 18.9 Å². The fourth-order valence-corrected chi connectivity index (χ4v) is 1.73. The van der Waals surface area contributed by atoms with Crippen molar-refractivity contribution in [2.45, 2.75) is 6.92 Å². The standard InChI is InChI=1S/C10H14BrN3O4/c1-7-8(14(16)17)6-13-10(9(7)11)12-2-4-18-5-3-15/h6,15H,2-5H2,1H3,(H,12,13). The summed E-state index contributed by atoms with van der Waals surface area (Å²) in [6, 6.07) is 0. The molecule has 0 aromatic carbocycles. The molecule has 2 N–H and O–H groups in total. The number of aliphatic hydroxyl groups is 1. The van der Waals surface area contributed by atoms with Gasteiger partial charge in [0.1, 0.15) is 12.0 Å². The van der Waals surface area contributed by atoms with Gasteiger partial charge in [0.2, 0.25) is 0 Å². The molecule has 0 bridgehead atoms. The van der Waals surface area contributed by atoms with Gasteiger partial charge in [-0.25, -0.2) is 4.98 Å². The average molecular weight is 320 g/mol. The highest BCUT2D eigenvalue weighted by Crippen LogP contribution is 2.30. The molecule has 0 saturated carbocycles. The average Bonchev–Trinajstić information content (AvgIpc) is 2.33. The van der Waals surface area contributed by atoms with Crippen LogP contribution in [0, 0.1) is 17.0 Å². The van der Waals surface area contributed by atoms with E-state index >= 15 is 0 Å². The van der Waals surface area contributed by atoms with Crippen LogP contribution >= 0.6 is 15.9 Å². The maximum atomic E-state index is 10.7. The summed E-state index contributed by atoms with van der Waals surface area (Å²) >= 11 is 3.27. The zero-order chi connectivity index (χ0) is 13.5. The summed E-state index contributed by atoms with van der Waals surface area (Å²) < 4.78 is 5.64. The summed E-state index contributed by atoms with van der Waals surface area (Å²) in [7, 11) is 0. The molecule has 0 spiro atoms. The van der Waals surface area contributed by atoms with E-state index in [1.165, 1.54) is 6.20 Å². The molecule has 0 radical (unpaired) electrons. The number of ether oxygens (including phenoxy) is 1. The quantitative estimate of drug-likeness (QED) is 0.449. The second kappa shape index (κ2) is 7.24. The van der Waals surface area contributed by atoms with Crippen LogP contribution in [0.15, 0.2) is 10.7 Å². The number of aromatic nitrogens is 1. The first kappa shape index (κ1) is 14.8. The van der Waals surface area contributed by atoms with Crippen molar-refractivity contribution in [1.82, 2.24) is 4.98 Å². The SMILES string of the molecule is Cc1c([N+](=O)[O-])cnc(NCCOCCO)c1Br. The zero-order valence-corrected chi connectivity index (χ0v) is 11.4. The highest BCUT2D eigenvalue weighted by atomic mass is 79.9. The van der Waals surface area contributed by atoms with Gasteiger partial charge in [0, 0.05) is 12.1 Å². The summed E-state index contributed by atoms with van der Waals surface area (Å²) in [6.45, 7) is 2.85. The minimum atomic E-state index is -0.471. The Morgan fingerprint density at radius 3 is 2.94 bits per heavy atom. The van der Waals surface area contributed by atoms with Crippen LogP contribution in [0.4, 0.5) is 11.5 Å². The number of anilines is 1. The van der Waals surface area contributed by atoms with E-state index in [2.05, 4.69) is 26.2 Å². The van der Waals surface area contributed by atoms with Gasteiger partial charge in [0.05, 0.1) is 29.2 Å². The van der Waals surface area contributed by atoms with E-state index in [4.69, 9.17) is 9.84 Å². The molecule has 1 heterocycles. The van der Waals surface area contributed by atoms with E-state index in [1.54, 1.807) is 6.92 Å². The third-order valence-electron chi connectivity index (χ3n) is 2.21. The van der Waals surface area contributed by atoms with E-state index in [9.17, 15) is 10.1 Å². The number of nitrogens with one attached hydrogen (secondary N) is 1. The number of hydrogen-bond donors (Lipinski definition) is 2. The molecule has 1 aromatic heterocycles. The van der Waals surface area contributed by atoms with Gasteiger partial charge in [-0.3, -0.25) is 10.1 Å². The van der Waals surface area contributed by atoms with E-state index in [1.807, 2.05) is 0 Å². The summed E-state index contributed by atoms with van der Waals surface area (Å²) in [5.41, 5.74) is 0.498. The van der Waals surface area contributed by atoms with Crippen molar-refractivity contribution in [3.63, 3.8) is 0 Å². The second-order valence-corrected chi connectivity index (χ2v) is 4.24. The van der Waals surface area contributed by atoms with Gasteiger partial charge >= 0.3 is 0 Å². The van der Waals surface area contributed by atoms with Crippen molar-refractivity contribution in [3.05, 3.63) is 26.3 Å². The maximum absolute atomic E-state index is 10.7. The molecule has 0 amide bonds. The van der Waals surface area contributed by atoms with Gasteiger partial charge in [-0.05, 0) is 22.9 Å². The Morgan fingerprint density at radius 2 is 2.33 bits per heavy atom. The number of hydrogen-bond acceptors (Lipinski definition) is 6. The van der Waals surface area contributed by atoms with Crippen molar-refractivity contribution in [3.8, 4) is 0 Å². The topological polar surface area (TPSA) is 97.5 Å². The number of halogens is 1. The lowest BCUT2D eigenvalue weighted by molar-refractivity contribution is -0.385. The van der Waals surface area contributed by atoms with Crippen molar-refractivity contribution in [2.75, 3.05) is 31.7 Å². The Morgan fingerprint density at radius 1 is 1.61 bits per heavy atom. The Bertz CT molecular complexity index is 428. The Balaban J connectivity index is 2.62. The molecular weight excluding hydrogens is 306 g/mol. The zero-order valence-electron chi connectivity index (χ0n) is 9.85. The van der Waals surface area contributed by atoms with E-state index < -0.39 is 4.92 Å². The van der Waals surface area contributed by atoms with Crippen LogP contribution in [0.5, 0.6) is 0 Å². The molecule has 0 aliphatic heterocycles. The predicted molar refractivity (Wildman–Crippen MR) is 69.7 cm³/mol. The lowest BCUT2D eigenvalue weighted by atomic mass is 10.2. The third-order valence-corrected chi connectivity index (χ3v) is 3.18. The molecule has 0 aliphatic carbocycles. The van der Waals surface area contributed by atoms with Crippen LogP contribution in [0.25, 0.3) is 0 Å². The molecule has 7 nitrogen and oxygen atoms in total. The third kappa shape index (κ3) is 3.90. The van der Waals surface area contributed by atoms with Gasteiger partial charge in [0.15, 0.2) is 0 Å². The summed E-state index contributed by atoms with van der Waals surface area (Å²) in [5, 5.41) is 22.2. The molecule has 8 heteroatoms. The van der Waals surface area contributed by atoms with Gasteiger partial charge in [-0.2, -0.15) is 0 Å². The van der Waals surface area contributed by atoms with Crippen LogP contribution in [0.1, 0.15) is 5.56 Å². The number of nitrogens with zero attached hydrogens (tertiary/aromatic N) is 2. The summed E-state index contributed by atoms with van der Waals surface area (Å²) in [6.07, 6.45) is 1.22. The molecule has 18 heavy (non-hydrogen) atoms. The largest absolute Gasteiger partial charge is 0.394 e. The highest BCUT2D eigenvalue weighted by Gasteiger charge is 2.16. The van der Waals surface area contributed by atoms with Crippen molar-refractivity contribution < 1.29 is 14.8 Å². The molecule has 1 aromatic rings. The molecule has 0 unspecified atom stereocenters. The van der Waals surface area contributed by atoms with Crippen LogP contribution in [0.2, 0.25) is 0 Å². The van der Waals surface area contributed by atoms with Crippen LogP contribution in [-0.4, -0.2) is 41.4 Å². The second-order valence-electron chi connectivity index (χ2n) is 3.45. The van der Waals surface area contributed by atoms with Gasteiger partial charge < -0.3 is 15.2 Å². The number of nitro groups is 1. The highest BCUT2D eigenvalue weighted by molar-refractivity contribution is 9.10. The minimum absolute atomic E-state index is 0.0153. The van der Waals surface area contributed by atoms with Gasteiger partial charge in [-0.15, -0.1) is 0 Å². The van der Waals surface area contributed by atoms with Crippen molar-refractivity contribution in [1.29, 1.82) is 0 Å². The van der Waals surface area contributed by atoms with Gasteiger partial charge in [0.25, 0.3) is 5.69 Å². The lowest BCUT2D eigenvalue weighted by Crippen LogP contribution is -2.13. The first-order valence-corrected chi connectivity index (χ1v) is 6.09. The van der Waals surface area contributed by atoms with Crippen molar-refractivity contribution in [2.24, 2.45) is 0 Å². The van der Waals surface area contributed by atoms with Crippen LogP contribution in [-0.2, 0) is 4.74 Å². The maximum Gasteiger partial charge on any atom is 0.291 e. The smallest absolute Gasteiger partial charge is 0.291 e. The number of pyridine rings is 1. The fraction of sp³-hybridized carbons (Fsp3) is 0.500.